The van der Waals surface area contributed by atoms with Gasteiger partial charge in [-0.2, -0.15) is 0 Å². The number of hydrogen-bond donors (Lipinski definition) is 4. The first-order valence-corrected chi connectivity index (χ1v) is 7.75. The third-order valence-electron chi connectivity index (χ3n) is 3.93. The molecular formula is C17H24N6. The summed E-state index contributed by atoms with van der Waals surface area (Å²) in [5, 5.41) is 10.9. The molecular weight excluding hydrogens is 288 g/mol. The van der Waals surface area contributed by atoms with Crippen LogP contribution in [0.4, 0.5) is 0 Å². The molecule has 6 heteroatoms. The van der Waals surface area contributed by atoms with E-state index in [9.17, 15) is 0 Å². The van der Waals surface area contributed by atoms with E-state index in [0.717, 1.165) is 49.3 Å². The van der Waals surface area contributed by atoms with Crippen LogP contribution in [0.1, 0.15) is 12.8 Å². The fourth-order valence-electron chi connectivity index (χ4n) is 2.59. The first-order chi connectivity index (χ1) is 11.3. The summed E-state index contributed by atoms with van der Waals surface area (Å²) >= 11 is 0. The van der Waals surface area contributed by atoms with Crippen molar-refractivity contribution in [2.45, 2.75) is 12.8 Å². The molecule has 0 unspecified atom stereocenters. The average molecular weight is 312 g/mol. The number of hydrogen-bond acceptors (Lipinski definition) is 6. The molecule has 2 aliphatic rings. The highest BCUT2D eigenvalue weighted by molar-refractivity contribution is 6.13. The smallest absolute Gasteiger partial charge is 0.0662 e. The van der Waals surface area contributed by atoms with E-state index in [1.807, 2.05) is 6.08 Å². The fraction of sp³-hybridized carbons (Fsp3) is 0.353. The number of hydrazine groups is 1. The fourth-order valence-corrected chi connectivity index (χ4v) is 2.59. The Labute approximate surface area is 137 Å². The zero-order chi connectivity index (χ0) is 16.5. The molecule has 4 N–H and O–H groups in total. The van der Waals surface area contributed by atoms with Gasteiger partial charge in [0.15, 0.2) is 0 Å². The van der Waals surface area contributed by atoms with Gasteiger partial charge in [-0.25, -0.2) is 0 Å². The predicted octanol–water partition coefficient (Wildman–Crippen LogP) is 1.72. The van der Waals surface area contributed by atoms with Crippen molar-refractivity contribution in [2.75, 3.05) is 19.6 Å². The van der Waals surface area contributed by atoms with Crippen LogP contribution in [-0.4, -0.2) is 38.3 Å². The largest absolute Gasteiger partial charge is 0.317 e. The zero-order valence-corrected chi connectivity index (χ0v) is 13.3. The SMILES string of the molecule is C=N/C=C(C=N)/C1=C/NNC=CC(=NCC2CCNCC2)C1=C. The summed E-state index contributed by atoms with van der Waals surface area (Å²) in [5.41, 5.74) is 8.86. The summed E-state index contributed by atoms with van der Waals surface area (Å²) in [4.78, 5) is 8.52. The molecule has 2 aliphatic heterocycles. The van der Waals surface area contributed by atoms with Crippen LogP contribution in [0.5, 0.6) is 0 Å². The molecule has 6 nitrogen and oxygen atoms in total. The van der Waals surface area contributed by atoms with E-state index in [0.29, 0.717) is 11.5 Å². The summed E-state index contributed by atoms with van der Waals surface area (Å²) in [6.45, 7) is 10.5. The van der Waals surface area contributed by atoms with Crippen LogP contribution in [0.15, 0.2) is 58.0 Å². The average Bonchev–Trinajstić information content (AvgIpc) is 2.58. The first kappa shape index (κ1) is 16.9. The molecule has 2 heterocycles. The van der Waals surface area contributed by atoms with Crippen LogP contribution in [0.2, 0.25) is 0 Å². The molecule has 23 heavy (non-hydrogen) atoms. The van der Waals surface area contributed by atoms with Crippen LogP contribution in [0.3, 0.4) is 0 Å². The Morgan fingerprint density at radius 2 is 2.13 bits per heavy atom. The Morgan fingerprint density at radius 1 is 1.35 bits per heavy atom. The first-order valence-electron chi connectivity index (χ1n) is 7.75. The van der Waals surface area contributed by atoms with Gasteiger partial charge in [-0.05, 0) is 44.6 Å². The van der Waals surface area contributed by atoms with E-state index in [4.69, 9.17) is 10.4 Å². The Balaban J connectivity index is 2.19. The maximum atomic E-state index is 7.57. The molecule has 0 atom stereocenters. The third kappa shape index (κ3) is 4.75. The molecule has 2 rings (SSSR count). The Bertz CT molecular complexity index is 576. The molecule has 1 saturated heterocycles. The Hall–Kier alpha value is -2.47. The molecule has 0 aromatic carbocycles. The molecule has 0 aromatic heterocycles. The number of aliphatic imine (C=N–C) groups is 2. The number of rotatable bonds is 5. The highest BCUT2D eigenvalue weighted by atomic mass is 15.3. The topological polar surface area (TPSA) is 84.7 Å². The summed E-state index contributed by atoms with van der Waals surface area (Å²) in [5.74, 6) is 0.612. The van der Waals surface area contributed by atoms with Crippen molar-refractivity contribution >= 4 is 18.6 Å². The Morgan fingerprint density at radius 3 is 2.83 bits per heavy atom. The van der Waals surface area contributed by atoms with E-state index >= 15 is 0 Å². The van der Waals surface area contributed by atoms with Crippen LogP contribution in [0.25, 0.3) is 0 Å². The lowest BCUT2D eigenvalue weighted by atomic mass is 9.95. The highest BCUT2D eigenvalue weighted by Crippen LogP contribution is 2.20. The van der Waals surface area contributed by atoms with Crippen LogP contribution in [0, 0.1) is 11.3 Å². The maximum Gasteiger partial charge on any atom is 0.0662 e. The zero-order valence-electron chi connectivity index (χ0n) is 13.3. The lowest BCUT2D eigenvalue weighted by Gasteiger charge is -2.21. The molecule has 0 bridgehead atoms. The number of nitrogens with zero attached hydrogens (tertiary/aromatic N) is 2. The van der Waals surface area contributed by atoms with Crippen LogP contribution >= 0.6 is 0 Å². The highest BCUT2D eigenvalue weighted by Gasteiger charge is 2.15. The van der Waals surface area contributed by atoms with Gasteiger partial charge in [0, 0.05) is 48.1 Å². The summed E-state index contributed by atoms with van der Waals surface area (Å²) in [7, 11) is 0. The predicted molar refractivity (Wildman–Crippen MR) is 96.9 cm³/mol. The lowest BCUT2D eigenvalue weighted by molar-refractivity contribution is 0.383. The van der Waals surface area contributed by atoms with Crippen LogP contribution in [-0.2, 0) is 0 Å². The standard InChI is InChI=1S/C17H24N6/c1-13-16(15(9-18)11-19-2)12-23-22-8-5-17(13)21-10-14-3-6-20-7-4-14/h5,8-9,11-12,14,18,20,22-23H,1-4,6-7,10H2/b8-5?,15-11+,16-12+,18-9?,21-17?. The van der Waals surface area contributed by atoms with Gasteiger partial charge in [0.2, 0.25) is 0 Å². The minimum absolute atomic E-state index is 0.612. The van der Waals surface area contributed by atoms with Crippen molar-refractivity contribution in [1.82, 2.24) is 16.2 Å². The second-order valence-electron chi connectivity index (χ2n) is 5.49. The van der Waals surface area contributed by atoms with Gasteiger partial charge in [0.1, 0.15) is 0 Å². The quantitative estimate of drug-likeness (QED) is 0.583. The molecule has 1 fully saturated rings. The Kier molecular flexibility index (Phi) is 6.50. The number of allylic oxidation sites excluding steroid dienone is 4. The van der Waals surface area contributed by atoms with Gasteiger partial charge in [-0.3, -0.25) is 9.98 Å². The van der Waals surface area contributed by atoms with Gasteiger partial charge >= 0.3 is 0 Å². The maximum absolute atomic E-state index is 7.57. The van der Waals surface area contributed by atoms with Crippen LogP contribution < -0.4 is 16.2 Å². The summed E-state index contributed by atoms with van der Waals surface area (Å²) < 4.78 is 0. The van der Waals surface area contributed by atoms with E-state index in [1.54, 1.807) is 18.6 Å². The molecule has 0 saturated carbocycles. The molecule has 0 aromatic rings. The van der Waals surface area contributed by atoms with Gasteiger partial charge in [0.25, 0.3) is 0 Å². The van der Waals surface area contributed by atoms with E-state index < -0.39 is 0 Å². The molecule has 0 amide bonds. The van der Waals surface area contributed by atoms with Gasteiger partial charge in [-0.15, -0.1) is 0 Å². The van der Waals surface area contributed by atoms with Crippen molar-refractivity contribution < 1.29 is 0 Å². The minimum atomic E-state index is 0.612. The van der Waals surface area contributed by atoms with Crippen molar-refractivity contribution in [3.63, 3.8) is 0 Å². The van der Waals surface area contributed by atoms with Crippen molar-refractivity contribution in [1.29, 1.82) is 5.41 Å². The third-order valence-corrected chi connectivity index (χ3v) is 3.93. The summed E-state index contributed by atoms with van der Waals surface area (Å²) in [6, 6.07) is 0. The van der Waals surface area contributed by atoms with E-state index in [-0.39, 0.29) is 0 Å². The van der Waals surface area contributed by atoms with Gasteiger partial charge < -0.3 is 21.6 Å². The minimum Gasteiger partial charge on any atom is -0.317 e. The lowest BCUT2D eigenvalue weighted by Crippen LogP contribution is -2.29. The van der Waals surface area contributed by atoms with Gasteiger partial charge in [-0.1, -0.05) is 6.58 Å². The second kappa shape index (κ2) is 8.85. The number of nitrogens with one attached hydrogen (secondary N) is 4. The van der Waals surface area contributed by atoms with Gasteiger partial charge in [0.05, 0.1) is 5.71 Å². The summed E-state index contributed by atoms with van der Waals surface area (Å²) in [6.07, 6.45) is 10.5. The number of piperidine rings is 1. The second-order valence-corrected chi connectivity index (χ2v) is 5.49. The van der Waals surface area contributed by atoms with Crippen molar-refractivity contribution in [2.24, 2.45) is 15.9 Å². The van der Waals surface area contributed by atoms with E-state index in [1.165, 1.54) is 6.21 Å². The van der Waals surface area contributed by atoms with Crippen molar-refractivity contribution in [3.05, 3.63) is 48.0 Å². The molecule has 0 aliphatic carbocycles. The monoisotopic (exact) mass is 312 g/mol. The molecule has 0 radical (unpaired) electrons. The molecule has 122 valence electrons. The van der Waals surface area contributed by atoms with E-state index in [2.05, 4.69) is 34.5 Å². The normalized spacial score (nSPS) is 24.0. The molecule has 0 spiro atoms. The van der Waals surface area contributed by atoms with Crippen molar-refractivity contribution in [3.8, 4) is 0 Å².